The Morgan fingerprint density at radius 2 is 1.00 bits per heavy atom. The number of benzene rings is 2. The number of rotatable bonds is 4. The fraction of sp³-hybridized carbons (Fsp3) is 0.143. The molecule has 0 radical (unpaired) electrons. The molecular weight excluding hydrogens is 536 g/mol. The summed E-state index contributed by atoms with van der Waals surface area (Å²) < 4.78 is 3.41. The molecular formula is C14H14CdTe2. The van der Waals surface area contributed by atoms with E-state index >= 15 is 0 Å². The van der Waals surface area contributed by atoms with E-state index < -0.39 is 0 Å². The summed E-state index contributed by atoms with van der Waals surface area (Å²) in [5.74, 6) is 0. The molecule has 0 saturated heterocycles. The van der Waals surface area contributed by atoms with E-state index in [0.717, 1.165) is 0 Å². The molecule has 0 amide bonds. The van der Waals surface area contributed by atoms with E-state index in [1.165, 1.54) is 11.1 Å². The van der Waals surface area contributed by atoms with Gasteiger partial charge in [-0.3, -0.25) is 0 Å². The minimum atomic E-state index is -0.384. The predicted molar refractivity (Wildman–Crippen MR) is 73.1 cm³/mol. The second-order valence-electron chi connectivity index (χ2n) is 4.03. The minimum absolute atomic E-state index is 0.267. The monoisotopic (exact) mass is 556 g/mol. The first-order valence-corrected chi connectivity index (χ1v) is 33.4. The van der Waals surface area contributed by atoms with Gasteiger partial charge in [-0.15, -0.1) is 0 Å². The van der Waals surface area contributed by atoms with Crippen LogP contribution in [0.15, 0.2) is 48.5 Å². The number of hydrogen-bond donors (Lipinski definition) is 0. The Kier molecular flexibility index (Phi) is 6.34. The number of aryl methyl sites for hydroxylation is 2. The Labute approximate surface area is 127 Å². The van der Waals surface area contributed by atoms with Crippen LogP contribution in [-0.2, 0) is 15.8 Å². The van der Waals surface area contributed by atoms with Crippen molar-refractivity contribution in [2.24, 2.45) is 0 Å². The molecule has 0 aliphatic rings. The van der Waals surface area contributed by atoms with Gasteiger partial charge >= 0.3 is 129 Å². The molecule has 0 nitrogen and oxygen atoms in total. The summed E-state index contributed by atoms with van der Waals surface area (Å²) in [5, 5.41) is 0. The average molecular weight is 550 g/mol. The number of hydrogen-bond acceptors (Lipinski definition) is 0. The maximum absolute atomic E-state index is 2.37. The zero-order valence-corrected chi connectivity index (χ0v) is 18.8. The van der Waals surface area contributed by atoms with Crippen molar-refractivity contribution in [1.82, 2.24) is 0 Å². The van der Waals surface area contributed by atoms with E-state index in [2.05, 4.69) is 62.4 Å². The summed E-state index contributed by atoms with van der Waals surface area (Å²) in [4.78, 5) is 0. The molecule has 0 aliphatic heterocycles. The van der Waals surface area contributed by atoms with Crippen LogP contribution in [0.3, 0.4) is 0 Å². The van der Waals surface area contributed by atoms with Crippen molar-refractivity contribution >= 4 is 39.5 Å². The summed E-state index contributed by atoms with van der Waals surface area (Å²) >= 11 is 0.151. The third-order valence-corrected chi connectivity index (χ3v) is 54.2. The van der Waals surface area contributed by atoms with Crippen LogP contribution in [-0.4, -0.2) is 32.3 Å². The van der Waals surface area contributed by atoms with Crippen LogP contribution in [0.25, 0.3) is 0 Å². The van der Waals surface area contributed by atoms with Crippen molar-refractivity contribution in [3.05, 3.63) is 59.7 Å². The molecule has 2 rings (SSSR count). The van der Waals surface area contributed by atoms with Gasteiger partial charge in [0.25, 0.3) is 0 Å². The molecule has 2 aromatic carbocycles. The normalized spacial score (nSPS) is 10.0. The Balaban J connectivity index is 1.83. The van der Waals surface area contributed by atoms with E-state index in [4.69, 9.17) is 0 Å². The van der Waals surface area contributed by atoms with Crippen LogP contribution >= 0.6 is 0 Å². The van der Waals surface area contributed by atoms with Crippen LogP contribution in [0.2, 0.25) is 0 Å². The van der Waals surface area contributed by atoms with Gasteiger partial charge in [0.05, 0.1) is 0 Å². The fourth-order valence-corrected chi connectivity index (χ4v) is 60.5. The Morgan fingerprint density at radius 1 is 0.647 bits per heavy atom. The SMILES string of the molecule is Cc1ccc([Te][Cd][Te]c2ccc(C)cc2)cc1. The quantitative estimate of drug-likeness (QED) is 0.508. The molecule has 0 aliphatic carbocycles. The molecule has 0 spiro atoms. The summed E-state index contributed by atoms with van der Waals surface area (Å²) in [6.45, 7) is 4.35. The first kappa shape index (κ1) is 14.4. The van der Waals surface area contributed by atoms with E-state index in [1.807, 2.05) is 0 Å². The predicted octanol–water partition coefficient (Wildman–Crippen LogP) is 1.58. The van der Waals surface area contributed by atoms with Gasteiger partial charge in [0.1, 0.15) is 0 Å². The molecule has 0 bridgehead atoms. The van der Waals surface area contributed by atoms with Gasteiger partial charge in [-0.05, 0) is 0 Å². The topological polar surface area (TPSA) is 0 Å². The Bertz CT molecular complexity index is 417. The van der Waals surface area contributed by atoms with Crippen molar-refractivity contribution in [1.29, 1.82) is 0 Å². The van der Waals surface area contributed by atoms with Crippen molar-refractivity contribution in [3.8, 4) is 0 Å². The van der Waals surface area contributed by atoms with Gasteiger partial charge in [-0.2, -0.15) is 0 Å². The van der Waals surface area contributed by atoms with Crippen molar-refractivity contribution < 1.29 is 15.8 Å². The zero-order chi connectivity index (χ0) is 12.1. The molecule has 0 atom stereocenters. The third kappa shape index (κ3) is 5.21. The van der Waals surface area contributed by atoms with Crippen LogP contribution in [0.1, 0.15) is 11.1 Å². The van der Waals surface area contributed by atoms with E-state index in [-0.39, 0.29) is 48.1 Å². The first-order valence-electron chi connectivity index (χ1n) is 5.63. The summed E-state index contributed by atoms with van der Waals surface area (Å²) in [7, 11) is 0. The van der Waals surface area contributed by atoms with E-state index in [9.17, 15) is 0 Å². The fourth-order valence-electron chi connectivity index (χ4n) is 1.43. The Morgan fingerprint density at radius 3 is 1.35 bits per heavy atom. The second kappa shape index (κ2) is 7.51. The van der Waals surface area contributed by atoms with Crippen LogP contribution < -0.4 is 7.22 Å². The maximum atomic E-state index is 2.37. The molecule has 0 saturated carbocycles. The summed E-state index contributed by atoms with van der Waals surface area (Å²) in [5.41, 5.74) is 2.79. The molecule has 0 heterocycles. The van der Waals surface area contributed by atoms with Gasteiger partial charge in [0.15, 0.2) is 0 Å². The van der Waals surface area contributed by atoms with Crippen LogP contribution in [0.4, 0.5) is 0 Å². The first-order chi connectivity index (χ1) is 8.24. The molecule has 84 valence electrons. The third-order valence-electron chi connectivity index (χ3n) is 2.49. The Hall–Kier alpha value is 0.941. The van der Waals surface area contributed by atoms with E-state index in [1.54, 1.807) is 7.22 Å². The molecule has 0 fully saturated rings. The zero-order valence-electron chi connectivity index (χ0n) is 10.1. The molecule has 0 aromatic heterocycles. The van der Waals surface area contributed by atoms with E-state index in [0.29, 0.717) is 0 Å². The van der Waals surface area contributed by atoms with Crippen LogP contribution in [0, 0.1) is 13.8 Å². The van der Waals surface area contributed by atoms with Crippen molar-refractivity contribution in [2.75, 3.05) is 0 Å². The van der Waals surface area contributed by atoms with Gasteiger partial charge in [0.2, 0.25) is 0 Å². The van der Waals surface area contributed by atoms with Gasteiger partial charge in [0, 0.05) is 0 Å². The second-order valence-corrected chi connectivity index (χ2v) is 54.9. The standard InChI is InChI=1S/2C7H8Te.Cd/c2*1-6-2-4-7(8)5-3-6;/h2*2-5,8H,1H3;/q;;+2/p-2. The summed E-state index contributed by atoms with van der Waals surface area (Å²) in [6, 6.07) is 18.6. The molecule has 2 aromatic rings. The van der Waals surface area contributed by atoms with Crippen LogP contribution in [0.5, 0.6) is 0 Å². The van der Waals surface area contributed by atoms with Gasteiger partial charge in [-0.1, -0.05) is 0 Å². The summed E-state index contributed by atoms with van der Waals surface area (Å²) in [6.07, 6.45) is 0. The van der Waals surface area contributed by atoms with Gasteiger partial charge in [-0.25, -0.2) is 0 Å². The average Bonchev–Trinajstić information content (AvgIpc) is 2.34. The van der Waals surface area contributed by atoms with Gasteiger partial charge < -0.3 is 0 Å². The molecule has 17 heavy (non-hydrogen) atoms. The molecule has 0 N–H and O–H groups in total. The van der Waals surface area contributed by atoms with Crippen molar-refractivity contribution in [2.45, 2.75) is 13.8 Å². The molecule has 3 heteroatoms. The van der Waals surface area contributed by atoms with Crippen molar-refractivity contribution in [3.63, 3.8) is 0 Å². The molecule has 0 unspecified atom stereocenters.